The summed E-state index contributed by atoms with van der Waals surface area (Å²) in [6.45, 7) is 3.63. The summed E-state index contributed by atoms with van der Waals surface area (Å²) >= 11 is 0. The van der Waals surface area contributed by atoms with Crippen molar-refractivity contribution in [2.24, 2.45) is 5.73 Å². The lowest BCUT2D eigenvalue weighted by molar-refractivity contribution is 0.0251. The minimum Gasteiger partial charge on any atom is -0.490 e. The molecule has 0 aliphatic carbocycles. The molecule has 1 fully saturated rings. The van der Waals surface area contributed by atoms with Crippen LogP contribution in [-0.2, 0) is 11.2 Å². The van der Waals surface area contributed by atoms with Crippen LogP contribution in [0, 0.1) is 0 Å². The molecule has 1 saturated heterocycles. The Hall–Kier alpha value is -1.06. The maximum atomic E-state index is 6.05. The number of para-hydroxylation sites is 1. The largest absolute Gasteiger partial charge is 0.490 e. The molecular formula is C14H21NO2. The molecule has 0 radical (unpaired) electrons. The van der Waals surface area contributed by atoms with Gasteiger partial charge >= 0.3 is 0 Å². The minimum absolute atomic E-state index is 0.162. The second-order valence-corrected chi connectivity index (χ2v) is 4.72. The molecule has 0 amide bonds. The Morgan fingerprint density at radius 3 is 2.76 bits per heavy atom. The van der Waals surface area contributed by atoms with Crippen LogP contribution in [-0.4, -0.2) is 25.4 Å². The zero-order valence-corrected chi connectivity index (χ0v) is 10.4. The van der Waals surface area contributed by atoms with Gasteiger partial charge in [0.1, 0.15) is 11.9 Å². The smallest absolute Gasteiger partial charge is 0.122 e. The number of hydrogen-bond donors (Lipinski definition) is 1. The van der Waals surface area contributed by atoms with Crippen LogP contribution in [0.4, 0.5) is 0 Å². The van der Waals surface area contributed by atoms with E-state index in [0.29, 0.717) is 0 Å². The summed E-state index contributed by atoms with van der Waals surface area (Å²) in [6.07, 6.45) is 3.11. The van der Waals surface area contributed by atoms with Gasteiger partial charge in [0.25, 0.3) is 0 Å². The number of benzene rings is 1. The third-order valence-corrected chi connectivity index (χ3v) is 2.98. The van der Waals surface area contributed by atoms with Gasteiger partial charge in [-0.2, -0.15) is 0 Å². The molecule has 1 unspecified atom stereocenters. The van der Waals surface area contributed by atoms with E-state index in [9.17, 15) is 0 Å². The van der Waals surface area contributed by atoms with Gasteiger partial charge < -0.3 is 15.2 Å². The van der Waals surface area contributed by atoms with Crippen LogP contribution in [0.25, 0.3) is 0 Å². The Morgan fingerprint density at radius 2 is 2.06 bits per heavy atom. The predicted octanol–water partition coefficient (Wildman–Crippen LogP) is 2.13. The lowest BCUT2D eigenvalue weighted by atomic mass is 10.1. The van der Waals surface area contributed by atoms with Gasteiger partial charge in [-0.05, 0) is 25.0 Å². The molecule has 3 nitrogen and oxygen atoms in total. The normalized spacial score (nSPS) is 18.9. The Labute approximate surface area is 103 Å². The van der Waals surface area contributed by atoms with Crippen LogP contribution in [0.5, 0.6) is 5.75 Å². The average Bonchev–Trinajstić information content (AvgIpc) is 2.32. The van der Waals surface area contributed by atoms with Crippen LogP contribution >= 0.6 is 0 Å². The Morgan fingerprint density at radius 1 is 1.35 bits per heavy atom. The van der Waals surface area contributed by atoms with E-state index in [4.69, 9.17) is 15.2 Å². The zero-order valence-electron chi connectivity index (χ0n) is 10.4. The van der Waals surface area contributed by atoms with E-state index >= 15 is 0 Å². The molecule has 1 heterocycles. The molecule has 1 aliphatic rings. The molecule has 94 valence electrons. The van der Waals surface area contributed by atoms with Crippen molar-refractivity contribution in [3.63, 3.8) is 0 Å². The van der Waals surface area contributed by atoms with Crippen molar-refractivity contribution in [1.29, 1.82) is 0 Å². The van der Waals surface area contributed by atoms with Crippen molar-refractivity contribution in [3.8, 4) is 5.75 Å². The second kappa shape index (κ2) is 6.03. The average molecular weight is 235 g/mol. The lowest BCUT2D eigenvalue weighted by Crippen LogP contribution is -2.26. The van der Waals surface area contributed by atoms with Gasteiger partial charge in [-0.15, -0.1) is 0 Å². The molecule has 2 rings (SSSR count). The third-order valence-electron chi connectivity index (χ3n) is 2.98. The Bertz CT molecular complexity index is 346. The summed E-state index contributed by atoms with van der Waals surface area (Å²) < 4.78 is 11.4. The van der Waals surface area contributed by atoms with Crippen molar-refractivity contribution >= 4 is 0 Å². The van der Waals surface area contributed by atoms with Crippen molar-refractivity contribution in [2.45, 2.75) is 38.3 Å². The van der Waals surface area contributed by atoms with E-state index in [-0.39, 0.29) is 12.1 Å². The fourth-order valence-corrected chi connectivity index (χ4v) is 2.11. The highest BCUT2D eigenvalue weighted by atomic mass is 16.5. The van der Waals surface area contributed by atoms with E-state index in [1.807, 2.05) is 25.1 Å². The summed E-state index contributed by atoms with van der Waals surface area (Å²) in [5.74, 6) is 0.983. The Kier molecular flexibility index (Phi) is 4.40. The highest BCUT2D eigenvalue weighted by molar-refractivity contribution is 5.34. The summed E-state index contributed by atoms with van der Waals surface area (Å²) in [6, 6.07) is 8.34. The van der Waals surface area contributed by atoms with Crippen LogP contribution < -0.4 is 10.5 Å². The summed E-state index contributed by atoms with van der Waals surface area (Å²) in [5, 5.41) is 0. The highest BCUT2D eigenvalue weighted by Gasteiger charge is 2.16. The van der Waals surface area contributed by atoms with Crippen molar-refractivity contribution in [2.75, 3.05) is 13.2 Å². The van der Waals surface area contributed by atoms with Crippen molar-refractivity contribution in [3.05, 3.63) is 29.8 Å². The van der Waals surface area contributed by atoms with Crippen molar-refractivity contribution in [1.82, 2.24) is 0 Å². The van der Waals surface area contributed by atoms with Gasteiger partial charge in [-0.3, -0.25) is 0 Å². The molecule has 1 aromatic rings. The Balaban J connectivity index is 2.03. The first-order valence-corrected chi connectivity index (χ1v) is 6.33. The standard InChI is InChI=1S/C14H21NO2/c1-11(15)10-12-4-2-3-5-14(12)17-13-6-8-16-9-7-13/h2-5,11,13H,6-10,15H2,1H3. The monoisotopic (exact) mass is 235 g/mol. The fourth-order valence-electron chi connectivity index (χ4n) is 2.11. The van der Waals surface area contributed by atoms with Crippen molar-refractivity contribution < 1.29 is 9.47 Å². The van der Waals surface area contributed by atoms with E-state index in [1.165, 1.54) is 5.56 Å². The first kappa shape index (κ1) is 12.4. The van der Waals surface area contributed by atoms with Crippen LogP contribution in [0.15, 0.2) is 24.3 Å². The molecule has 17 heavy (non-hydrogen) atoms. The summed E-state index contributed by atoms with van der Waals surface area (Å²) in [4.78, 5) is 0. The maximum absolute atomic E-state index is 6.05. The van der Waals surface area contributed by atoms with Gasteiger partial charge in [0.05, 0.1) is 13.2 Å². The summed E-state index contributed by atoms with van der Waals surface area (Å²) in [7, 11) is 0. The predicted molar refractivity (Wildman–Crippen MR) is 68.3 cm³/mol. The third kappa shape index (κ3) is 3.72. The molecule has 1 atom stereocenters. The molecule has 0 saturated carbocycles. The molecule has 1 aliphatic heterocycles. The number of nitrogens with two attached hydrogens (primary N) is 1. The van der Waals surface area contributed by atoms with Gasteiger partial charge in [0.2, 0.25) is 0 Å². The van der Waals surface area contributed by atoms with Gasteiger partial charge in [0, 0.05) is 18.9 Å². The van der Waals surface area contributed by atoms with Crippen LogP contribution in [0.1, 0.15) is 25.3 Å². The molecule has 1 aromatic carbocycles. The summed E-state index contributed by atoms with van der Waals surface area (Å²) in [5.41, 5.74) is 7.05. The van der Waals surface area contributed by atoms with Gasteiger partial charge in [0.15, 0.2) is 0 Å². The first-order valence-electron chi connectivity index (χ1n) is 6.33. The van der Waals surface area contributed by atoms with Crippen LogP contribution in [0.3, 0.4) is 0 Å². The van der Waals surface area contributed by atoms with E-state index in [1.54, 1.807) is 0 Å². The fraction of sp³-hybridized carbons (Fsp3) is 0.571. The first-order chi connectivity index (χ1) is 8.25. The van der Waals surface area contributed by atoms with Crippen LogP contribution in [0.2, 0.25) is 0 Å². The molecule has 0 aromatic heterocycles. The highest BCUT2D eigenvalue weighted by Crippen LogP contribution is 2.23. The number of ether oxygens (including phenoxy) is 2. The zero-order chi connectivity index (χ0) is 12.1. The number of hydrogen-bond acceptors (Lipinski definition) is 3. The molecule has 0 spiro atoms. The maximum Gasteiger partial charge on any atom is 0.122 e. The minimum atomic E-state index is 0.162. The molecule has 2 N–H and O–H groups in total. The molecular weight excluding hydrogens is 214 g/mol. The quantitative estimate of drug-likeness (QED) is 0.869. The number of rotatable bonds is 4. The second-order valence-electron chi connectivity index (χ2n) is 4.72. The molecule has 0 bridgehead atoms. The van der Waals surface area contributed by atoms with Gasteiger partial charge in [-0.25, -0.2) is 0 Å². The van der Waals surface area contributed by atoms with E-state index in [2.05, 4.69) is 6.07 Å². The topological polar surface area (TPSA) is 44.5 Å². The van der Waals surface area contributed by atoms with E-state index < -0.39 is 0 Å². The lowest BCUT2D eigenvalue weighted by Gasteiger charge is -2.24. The van der Waals surface area contributed by atoms with Gasteiger partial charge in [-0.1, -0.05) is 18.2 Å². The molecule has 3 heteroatoms. The van der Waals surface area contributed by atoms with E-state index in [0.717, 1.165) is 38.2 Å². The SMILES string of the molecule is CC(N)Cc1ccccc1OC1CCOCC1.